The van der Waals surface area contributed by atoms with Gasteiger partial charge in [0.2, 0.25) is 0 Å². The molecule has 0 radical (unpaired) electrons. The molecule has 0 unspecified atom stereocenters. The van der Waals surface area contributed by atoms with Gasteiger partial charge >= 0.3 is 6.18 Å². The zero-order valence-electron chi connectivity index (χ0n) is 12.5. The van der Waals surface area contributed by atoms with Crippen molar-refractivity contribution in [2.45, 2.75) is 51.4 Å². The van der Waals surface area contributed by atoms with E-state index in [-0.39, 0.29) is 5.56 Å². The van der Waals surface area contributed by atoms with E-state index in [9.17, 15) is 13.2 Å². The largest absolute Gasteiger partial charge is 0.416 e. The van der Waals surface area contributed by atoms with Gasteiger partial charge < -0.3 is 10.0 Å². The number of halogens is 3. The van der Waals surface area contributed by atoms with Crippen molar-refractivity contribution >= 4 is 5.69 Å². The highest BCUT2D eigenvalue weighted by molar-refractivity contribution is 5.52. The van der Waals surface area contributed by atoms with E-state index in [0.29, 0.717) is 17.6 Å². The lowest BCUT2D eigenvalue weighted by atomic mass is 9.86. The molecule has 5 heteroatoms. The molecular formula is C16H22F3NO. The number of aliphatic hydroxyl groups excluding tert-OH is 1. The van der Waals surface area contributed by atoms with Crippen LogP contribution in [0.2, 0.25) is 0 Å². The van der Waals surface area contributed by atoms with Gasteiger partial charge in [0.25, 0.3) is 0 Å². The molecule has 21 heavy (non-hydrogen) atoms. The van der Waals surface area contributed by atoms with Crippen LogP contribution in [0.15, 0.2) is 18.2 Å². The van der Waals surface area contributed by atoms with E-state index in [4.69, 9.17) is 5.11 Å². The molecule has 1 fully saturated rings. The Bertz CT molecular complexity index is 479. The summed E-state index contributed by atoms with van der Waals surface area (Å²) in [6.07, 6.45) is -0.163. The van der Waals surface area contributed by atoms with Crippen molar-refractivity contribution < 1.29 is 18.3 Å². The average molecular weight is 301 g/mol. The third-order valence-corrected chi connectivity index (χ3v) is 4.51. The van der Waals surface area contributed by atoms with Gasteiger partial charge in [0.1, 0.15) is 0 Å². The summed E-state index contributed by atoms with van der Waals surface area (Å²) >= 11 is 0. The molecule has 0 atom stereocenters. The van der Waals surface area contributed by atoms with Crippen molar-refractivity contribution in [2.24, 2.45) is 5.92 Å². The second-order valence-electron chi connectivity index (χ2n) is 6.02. The molecule has 0 spiro atoms. The van der Waals surface area contributed by atoms with Crippen LogP contribution in [0.25, 0.3) is 0 Å². The Morgan fingerprint density at radius 1 is 1.19 bits per heavy atom. The fraction of sp³-hybridized carbons (Fsp3) is 0.625. The minimum atomic E-state index is -4.43. The number of anilines is 1. The number of benzene rings is 1. The fourth-order valence-electron chi connectivity index (χ4n) is 3.03. The van der Waals surface area contributed by atoms with Crippen LogP contribution in [0.3, 0.4) is 0 Å². The van der Waals surface area contributed by atoms with Crippen molar-refractivity contribution in [3.05, 3.63) is 29.3 Å². The highest BCUT2D eigenvalue weighted by atomic mass is 19.4. The Kier molecular flexibility index (Phi) is 4.81. The molecule has 118 valence electrons. The van der Waals surface area contributed by atoms with Gasteiger partial charge in [0.15, 0.2) is 0 Å². The first-order valence-corrected chi connectivity index (χ1v) is 7.36. The maximum absolute atomic E-state index is 13.0. The summed E-state index contributed by atoms with van der Waals surface area (Å²) in [4.78, 5) is 1.95. The quantitative estimate of drug-likeness (QED) is 0.904. The van der Waals surface area contributed by atoms with Crippen molar-refractivity contribution in [3.63, 3.8) is 0 Å². The second-order valence-corrected chi connectivity index (χ2v) is 6.02. The minimum absolute atomic E-state index is 0.0723. The van der Waals surface area contributed by atoms with Crippen LogP contribution in [0, 0.1) is 5.92 Å². The molecule has 1 aromatic carbocycles. The molecule has 0 heterocycles. The standard InChI is InChI=1S/C16H22F3NO/c1-11-3-6-13(7-4-11)20(2)14-8-5-12(10-21)15(9-14)16(17,18)19/h5,8-9,11,13,21H,3-4,6-7,10H2,1-2H3. The number of nitrogens with zero attached hydrogens (tertiary/aromatic N) is 1. The van der Waals surface area contributed by atoms with E-state index in [1.807, 2.05) is 11.9 Å². The van der Waals surface area contributed by atoms with Crippen LogP contribution >= 0.6 is 0 Å². The molecule has 0 aromatic heterocycles. The SMILES string of the molecule is CC1CCC(N(C)c2ccc(CO)c(C(F)(F)F)c2)CC1. The Hall–Kier alpha value is -1.23. The van der Waals surface area contributed by atoms with Crippen LogP contribution in [-0.4, -0.2) is 18.2 Å². The maximum atomic E-state index is 13.0. The fourth-order valence-corrected chi connectivity index (χ4v) is 3.03. The molecule has 1 saturated carbocycles. The molecule has 1 aromatic rings. The lowest BCUT2D eigenvalue weighted by molar-refractivity contribution is -0.138. The zero-order chi connectivity index (χ0) is 15.6. The Morgan fingerprint density at radius 2 is 1.81 bits per heavy atom. The molecule has 2 rings (SSSR count). The minimum Gasteiger partial charge on any atom is -0.392 e. The molecule has 0 bridgehead atoms. The summed E-state index contributed by atoms with van der Waals surface area (Å²) in [5.41, 5.74) is -0.241. The van der Waals surface area contributed by atoms with Gasteiger partial charge in [-0.1, -0.05) is 13.0 Å². The normalized spacial score (nSPS) is 23.1. The summed E-state index contributed by atoms with van der Waals surface area (Å²) < 4.78 is 39.1. The highest BCUT2D eigenvalue weighted by Crippen LogP contribution is 2.36. The summed E-state index contributed by atoms with van der Waals surface area (Å²) in [5.74, 6) is 0.706. The lowest BCUT2D eigenvalue weighted by Crippen LogP contribution is -2.35. The van der Waals surface area contributed by atoms with Gasteiger partial charge in [-0.2, -0.15) is 13.2 Å². The smallest absolute Gasteiger partial charge is 0.392 e. The predicted octanol–water partition coefficient (Wildman–Crippen LogP) is 4.21. The van der Waals surface area contributed by atoms with Gasteiger partial charge in [-0.05, 0) is 49.3 Å². The van der Waals surface area contributed by atoms with Crippen molar-refractivity contribution in [3.8, 4) is 0 Å². The van der Waals surface area contributed by atoms with Crippen LogP contribution in [0.1, 0.15) is 43.7 Å². The van der Waals surface area contributed by atoms with Crippen LogP contribution in [-0.2, 0) is 12.8 Å². The predicted molar refractivity (Wildman–Crippen MR) is 77.2 cm³/mol. The van der Waals surface area contributed by atoms with Gasteiger partial charge in [0, 0.05) is 18.8 Å². The Balaban J connectivity index is 2.23. The molecular weight excluding hydrogens is 279 g/mol. The van der Waals surface area contributed by atoms with E-state index >= 15 is 0 Å². The van der Waals surface area contributed by atoms with Gasteiger partial charge in [0.05, 0.1) is 12.2 Å². The Labute approximate surface area is 123 Å². The van der Waals surface area contributed by atoms with Crippen molar-refractivity contribution in [1.29, 1.82) is 0 Å². The summed E-state index contributed by atoms with van der Waals surface area (Å²) in [6.45, 7) is 1.62. The highest BCUT2D eigenvalue weighted by Gasteiger charge is 2.34. The molecule has 1 aliphatic carbocycles. The third kappa shape index (κ3) is 3.70. The van der Waals surface area contributed by atoms with E-state index in [2.05, 4.69) is 6.92 Å². The van der Waals surface area contributed by atoms with Gasteiger partial charge in [-0.3, -0.25) is 0 Å². The summed E-state index contributed by atoms with van der Waals surface area (Å²) in [7, 11) is 1.86. The molecule has 1 aliphatic rings. The van der Waals surface area contributed by atoms with Gasteiger partial charge in [-0.25, -0.2) is 0 Å². The summed E-state index contributed by atoms with van der Waals surface area (Å²) in [6, 6.07) is 4.49. The van der Waals surface area contributed by atoms with Gasteiger partial charge in [-0.15, -0.1) is 0 Å². The zero-order valence-corrected chi connectivity index (χ0v) is 12.5. The van der Waals surface area contributed by atoms with Crippen LogP contribution in [0.4, 0.5) is 18.9 Å². The second kappa shape index (κ2) is 6.26. The molecule has 0 amide bonds. The number of hydrogen-bond donors (Lipinski definition) is 1. The Morgan fingerprint density at radius 3 is 2.33 bits per heavy atom. The van der Waals surface area contributed by atoms with Crippen LogP contribution in [0.5, 0.6) is 0 Å². The van der Waals surface area contributed by atoms with Crippen molar-refractivity contribution in [1.82, 2.24) is 0 Å². The van der Waals surface area contributed by atoms with E-state index in [1.165, 1.54) is 6.07 Å². The first-order chi connectivity index (χ1) is 9.82. The monoisotopic (exact) mass is 301 g/mol. The van der Waals surface area contributed by atoms with E-state index in [0.717, 1.165) is 31.7 Å². The third-order valence-electron chi connectivity index (χ3n) is 4.51. The number of hydrogen-bond acceptors (Lipinski definition) is 2. The summed E-state index contributed by atoms with van der Waals surface area (Å²) in [5, 5.41) is 9.08. The maximum Gasteiger partial charge on any atom is 0.416 e. The molecule has 2 nitrogen and oxygen atoms in total. The van der Waals surface area contributed by atoms with Crippen LogP contribution < -0.4 is 4.90 Å². The average Bonchev–Trinajstić information content (AvgIpc) is 2.45. The number of alkyl halides is 3. The van der Waals surface area contributed by atoms with E-state index < -0.39 is 18.3 Å². The first-order valence-electron chi connectivity index (χ1n) is 7.36. The topological polar surface area (TPSA) is 23.5 Å². The lowest BCUT2D eigenvalue weighted by Gasteiger charge is -2.35. The van der Waals surface area contributed by atoms with E-state index in [1.54, 1.807) is 6.07 Å². The van der Waals surface area contributed by atoms with Crippen molar-refractivity contribution in [2.75, 3.05) is 11.9 Å². The number of rotatable bonds is 3. The molecule has 1 N–H and O–H groups in total. The molecule has 0 saturated heterocycles. The molecule has 0 aliphatic heterocycles. The first kappa shape index (κ1) is 16.1. The number of aliphatic hydroxyl groups is 1.